The number of anilines is 6. The highest BCUT2D eigenvalue weighted by atomic mass is 32.2. The molecule has 0 amide bonds. The van der Waals surface area contributed by atoms with Crippen LogP contribution in [0.5, 0.6) is 0 Å². The normalized spacial score (nSPS) is 11.3. The molecule has 0 saturated carbocycles. The summed E-state index contributed by atoms with van der Waals surface area (Å²) in [4.78, 5) is 27.9. The minimum Gasteiger partial charge on any atom is -0.372 e. The summed E-state index contributed by atoms with van der Waals surface area (Å²) in [6.45, 7) is 11.5. The van der Waals surface area contributed by atoms with Crippen molar-refractivity contribution in [3.05, 3.63) is 127 Å². The van der Waals surface area contributed by atoms with Gasteiger partial charge in [-0.15, -0.1) is 33.1 Å². The lowest BCUT2D eigenvalue weighted by Gasteiger charge is -2.22. The summed E-state index contributed by atoms with van der Waals surface area (Å²) in [6, 6.07) is 37.2. The van der Waals surface area contributed by atoms with Crippen molar-refractivity contribution in [1.29, 1.82) is 0 Å². The van der Waals surface area contributed by atoms with Gasteiger partial charge in [-0.1, -0.05) is 84.6 Å². The Hall–Kier alpha value is -7.49. The predicted octanol–water partition coefficient (Wildman–Crippen LogP) is 11.5. The molecule has 3 N–H and O–H groups in total. The standard InChI is InChI=1S/C46H45N15O3S4.O3S/c1-5-60(6-2)33-22-24-36(54-56-45-49-40(58-66-45)31-18-13-10-14-19-31)38(27-33)47-42-51-43(53-44(52-42)65-29-30-16-11-9-12-17-30)48-39-28-34(61(7-3)8-4)23-25-37(39)55-57-46-50-41(59-67-46)32-20-15-21-35(26-32)68(62,63)64;1-4(2)3/h9-28H,5-8,29H2,1-4H3,(H,62,63,64)(H2,47,48,51,52,53);. The Balaban J connectivity index is 0.00000183. The lowest BCUT2D eigenvalue weighted by molar-refractivity contribution is 0.483. The van der Waals surface area contributed by atoms with E-state index in [1.807, 2.05) is 84.9 Å². The maximum Gasteiger partial charge on any atom is 0.425 e. The van der Waals surface area contributed by atoms with E-state index >= 15 is 0 Å². The van der Waals surface area contributed by atoms with Crippen molar-refractivity contribution in [1.82, 2.24) is 33.7 Å². The lowest BCUT2D eigenvalue weighted by Crippen LogP contribution is -2.21. The molecule has 8 aromatic rings. The molecule has 72 heavy (non-hydrogen) atoms. The molecule has 0 unspecified atom stereocenters. The second kappa shape index (κ2) is 25.1. The van der Waals surface area contributed by atoms with E-state index in [0.717, 1.165) is 71.7 Å². The predicted molar refractivity (Wildman–Crippen MR) is 281 cm³/mol. The molecule has 8 rings (SSSR count). The number of nitrogens with zero attached hydrogens (tertiary/aromatic N) is 13. The van der Waals surface area contributed by atoms with E-state index in [1.165, 1.54) is 30.0 Å². The molecular formula is C46H45N15O6S5. The van der Waals surface area contributed by atoms with Gasteiger partial charge in [0.25, 0.3) is 10.1 Å². The molecule has 0 aliphatic heterocycles. The van der Waals surface area contributed by atoms with Crippen LogP contribution >= 0.6 is 34.8 Å². The highest BCUT2D eigenvalue weighted by molar-refractivity contribution is 7.98. The minimum atomic E-state index is -4.42. The van der Waals surface area contributed by atoms with Crippen molar-refractivity contribution in [3.63, 3.8) is 0 Å². The van der Waals surface area contributed by atoms with Crippen molar-refractivity contribution in [2.45, 2.75) is 43.5 Å². The molecule has 26 heteroatoms. The molecular weight excluding hydrogens is 1020 g/mol. The Kier molecular flexibility index (Phi) is 18.2. The monoisotopic (exact) mass is 1060 g/mol. The summed E-state index contributed by atoms with van der Waals surface area (Å²) < 4.78 is 67.3. The summed E-state index contributed by atoms with van der Waals surface area (Å²) in [5, 5.41) is 26.1. The first-order chi connectivity index (χ1) is 34.8. The van der Waals surface area contributed by atoms with Gasteiger partial charge in [-0.25, -0.2) is 0 Å². The van der Waals surface area contributed by atoms with Gasteiger partial charge in [-0.2, -0.15) is 42.1 Å². The van der Waals surface area contributed by atoms with Gasteiger partial charge in [0.15, 0.2) is 16.8 Å². The van der Waals surface area contributed by atoms with Gasteiger partial charge in [0.05, 0.1) is 16.3 Å². The molecule has 0 atom stereocenters. The summed E-state index contributed by atoms with van der Waals surface area (Å²) in [5.74, 6) is 1.92. The van der Waals surface area contributed by atoms with Crippen LogP contribution in [0.3, 0.4) is 0 Å². The highest BCUT2D eigenvalue weighted by Crippen LogP contribution is 2.37. The van der Waals surface area contributed by atoms with Crippen LogP contribution in [0.15, 0.2) is 152 Å². The number of aromatic nitrogens is 7. The molecule has 0 saturated heterocycles. The SMILES string of the molecule is CCN(CC)c1ccc(N=Nc2nc(-c3ccccc3)ns2)c(Nc2nc(Nc3cc(N(CC)CC)ccc3N=Nc3nc(-c4cccc(S(=O)(=O)O)c4)ns3)nc(SCc3ccccc3)n2)c1.O=S(=O)=O. The van der Waals surface area contributed by atoms with Crippen molar-refractivity contribution in [3.8, 4) is 22.8 Å². The molecule has 5 aromatic carbocycles. The molecule has 0 aliphatic rings. The topological polar surface area (TPSA) is 276 Å². The first kappa shape index (κ1) is 52.3. The first-order valence-corrected chi connectivity index (χ1v) is 26.9. The van der Waals surface area contributed by atoms with Gasteiger partial charge in [0.2, 0.25) is 22.2 Å². The van der Waals surface area contributed by atoms with Crippen LogP contribution in [0.2, 0.25) is 0 Å². The van der Waals surface area contributed by atoms with E-state index in [0.29, 0.717) is 50.2 Å². The van der Waals surface area contributed by atoms with Crippen molar-refractivity contribution >= 4 is 112 Å². The van der Waals surface area contributed by atoms with Gasteiger partial charge in [-0.3, -0.25) is 4.55 Å². The average molecular weight is 1060 g/mol. The van der Waals surface area contributed by atoms with Crippen LogP contribution in [-0.2, 0) is 26.5 Å². The molecule has 3 aromatic heterocycles. The smallest absolute Gasteiger partial charge is 0.372 e. The Labute approximate surface area is 428 Å². The molecule has 0 bridgehead atoms. The van der Waals surface area contributed by atoms with Crippen LogP contribution < -0.4 is 20.4 Å². The molecule has 0 spiro atoms. The van der Waals surface area contributed by atoms with Gasteiger partial charge in [0.1, 0.15) is 11.4 Å². The number of benzene rings is 5. The lowest BCUT2D eigenvalue weighted by atomic mass is 10.2. The zero-order chi connectivity index (χ0) is 51.0. The molecule has 0 aliphatic carbocycles. The van der Waals surface area contributed by atoms with Crippen molar-refractivity contribution < 1.29 is 25.6 Å². The maximum absolute atomic E-state index is 11.8. The third-order valence-corrected chi connectivity index (χ3v) is 13.2. The van der Waals surface area contributed by atoms with Gasteiger partial charge < -0.3 is 20.4 Å². The quantitative estimate of drug-likeness (QED) is 0.0363. The summed E-state index contributed by atoms with van der Waals surface area (Å²) in [6.07, 6.45) is 0. The van der Waals surface area contributed by atoms with E-state index in [4.69, 9.17) is 27.6 Å². The zero-order valence-corrected chi connectivity index (χ0v) is 43.0. The van der Waals surface area contributed by atoms with Gasteiger partial charge in [-0.05, 0) is 81.8 Å². The third kappa shape index (κ3) is 14.5. The zero-order valence-electron chi connectivity index (χ0n) is 38.9. The average Bonchev–Trinajstić information content (AvgIpc) is 4.07. The van der Waals surface area contributed by atoms with Crippen LogP contribution in [-0.4, -0.2) is 85.4 Å². The first-order valence-electron chi connectivity index (χ1n) is 22.0. The van der Waals surface area contributed by atoms with Crippen LogP contribution in [0.4, 0.5) is 56.3 Å². The molecule has 0 radical (unpaired) electrons. The van der Waals surface area contributed by atoms with E-state index in [-0.39, 0.29) is 27.7 Å². The summed E-state index contributed by atoms with van der Waals surface area (Å²) >= 11 is 3.62. The van der Waals surface area contributed by atoms with E-state index in [1.54, 1.807) is 6.07 Å². The molecule has 21 nitrogen and oxygen atoms in total. The number of thioether (sulfide) groups is 1. The van der Waals surface area contributed by atoms with Gasteiger partial charge in [0, 0.05) is 77.5 Å². The number of hydrogen-bond donors (Lipinski definition) is 3. The molecule has 370 valence electrons. The Bertz CT molecular complexity index is 3390. The Morgan fingerprint density at radius 3 is 1.54 bits per heavy atom. The van der Waals surface area contributed by atoms with Gasteiger partial charge >= 0.3 is 10.6 Å². The number of hydrogen-bond acceptors (Lipinski definition) is 23. The van der Waals surface area contributed by atoms with Crippen molar-refractivity contribution in [2.75, 3.05) is 46.6 Å². The fourth-order valence-electron chi connectivity index (χ4n) is 6.81. The van der Waals surface area contributed by atoms with E-state index < -0.39 is 20.7 Å². The van der Waals surface area contributed by atoms with Crippen LogP contribution in [0.1, 0.15) is 33.3 Å². The number of nitrogens with one attached hydrogen (secondary N) is 2. The fourth-order valence-corrected chi connectivity index (χ4v) is 9.17. The minimum absolute atomic E-state index is 0.227. The second-order valence-electron chi connectivity index (χ2n) is 14.8. The van der Waals surface area contributed by atoms with E-state index in [9.17, 15) is 13.0 Å². The number of rotatable bonds is 20. The van der Waals surface area contributed by atoms with Crippen LogP contribution in [0, 0.1) is 0 Å². The van der Waals surface area contributed by atoms with E-state index in [2.05, 4.69) is 99.4 Å². The third-order valence-electron chi connectivity index (χ3n) is 10.3. The summed E-state index contributed by atoms with van der Waals surface area (Å²) in [5.41, 5.74) is 6.47. The molecule has 0 fully saturated rings. The highest BCUT2D eigenvalue weighted by Gasteiger charge is 2.17. The Morgan fingerprint density at radius 1 is 0.583 bits per heavy atom. The maximum atomic E-state index is 11.8. The molecule has 3 heterocycles. The number of azo groups is 2. The second-order valence-corrected chi connectivity index (χ2v) is 19.0. The van der Waals surface area contributed by atoms with Crippen molar-refractivity contribution in [2.24, 2.45) is 20.5 Å². The fraction of sp³-hybridized carbons (Fsp3) is 0.196. The van der Waals surface area contributed by atoms with Crippen LogP contribution in [0.25, 0.3) is 22.8 Å². The largest absolute Gasteiger partial charge is 0.425 e. The Morgan fingerprint density at radius 2 is 1.06 bits per heavy atom. The summed E-state index contributed by atoms with van der Waals surface area (Å²) in [7, 11) is -7.53.